The summed E-state index contributed by atoms with van der Waals surface area (Å²) in [4.78, 5) is 6.38. The van der Waals surface area contributed by atoms with Crippen molar-refractivity contribution in [1.29, 1.82) is 15.8 Å². The summed E-state index contributed by atoms with van der Waals surface area (Å²) in [7, 11) is 0. The minimum Gasteiger partial charge on any atom is -0.314 e. The largest absolute Gasteiger partial charge is 0.314 e. The zero-order valence-corrected chi connectivity index (χ0v) is 16.3. The van der Waals surface area contributed by atoms with Crippen molar-refractivity contribution in [2.75, 3.05) is 98.2 Å². The van der Waals surface area contributed by atoms with Crippen molar-refractivity contribution in [3.05, 3.63) is 0 Å². The smallest absolute Gasteiger partial charge is 0.0866 e. The van der Waals surface area contributed by atoms with Crippen LogP contribution in [0.3, 0.4) is 0 Å². The van der Waals surface area contributed by atoms with Crippen molar-refractivity contribution in [3.63, 3.8) is 0 Å². The lowest BCUT2D eigenvalue weighted by molar-refractivity contribution is 0.228. The summed E-state index contributed by atoms with van der Waals surface area (Å²) < 4.78 is 0. The van der Waals surface area contributed by atoms with Gasteiger partial charge in [-0.15, -0.1) is 0 Å². The van der Waals surface area contributed by atoms with Crippen LogP contribution >= 0.6 is 0 Å². The van der Waals surface area contributed by atoms with Gasteiger partial charge in [0, 0.05) is 78.5 Å². The summed E-state index contributed by atoms with van der Waals surface area (Å²) in [6.07, 6.45) is 0. The van der Waals surface area contributed by atoms with Crippen LogP contribution in [0, 0.1) is 34.0 Å². The van der Waals surface area contributed by atoms with Crippen LogP contribution in [0.25, 0.3) is 0 Å². The molecule has 9 heteroatoms. The highest BCUT2D eigenvalue weighted by molar-refractivity contribution is 4.81. The van der Waals surface area contributed by atoms with Crippen LogP contribution in [-0.4, -0.2) is 113 Å². The number of hydrogen-bond donors (Lipinski definition) is 3. The number of nitriles is 3. The zero-order valence-electron chi connectivity index (χ0n) is 16.3. The fraction of sp³-hybridized carbons (Fsp3) is 0.833. The van der Waals surface area contributed by atoms with Crippen molar-refractivity contribution >= 4 is 0 Å². The number of rotatable bonds is 3. The first-order valence-electron chi connectivity index (χ1n) is 9.70. The highest BCUT2D eigenvalue weighted by Crippen LogP contribution is 1.93. The third-order valence-corrected chi connectivity index (χ3v) is 4.51. The normalized spacial score (nSPS) is 21.2. The van der Waals surface area contributed by atoms with Gasteiger partial charge in [0.1, 0.15) is 0 Å². The highest BCUT2D eigenvalue weighted by atomic mass is 15.2. The molecule has 0 aromatic rings. The van der Waals surface area contributed by atoms with Gasteiger partial charge in [0.25, 0.3) is 0 Å². The summed E-state index contributed by atoms with van der Waals surface area (Å²) in [6, 6.07) is 6.69. The Kier molecular flexibility index (Phi) is 14.1. The summed E-state index contributed by atoms with van der Waals surface area (Å²) in [6.45, 7) is 11.2. The molecule has 0 spiro atoms. The van der Waals surface area contributed by atoms with Crippen LogP contribution in [0.5, 0.6) is 0 Å². The maximum absolute atomic E-state index is 9.05. The van der Waals surface area contributed by atoms with E-state index in [0.29, 0.717) is 19.6 Å². The van der Waals surface area contributed by atoms with Gasteiger partial charge < -0.3 is 16.0 Å². The summed E-state index contributed by atoms with van der Waals surface area (Å²) in [5.41, 5.74) is 0. The van der Waals surface area contributed by atoms with Crippen molar-refractivity contribution in [2.45, 2.75) is 0 Å². The van der Waals surface area contributed by atoms with Crippen molar-refractivity contribution < 1.29 is 0 Å². The van der Waals surface area contributed by atoms with Gasteiger partial charge in [0.15, 0.2) is 0 Å². The van der Waals surface area contributed by atoms with Gasteiger partial charge in [0.2, 0.25) is 0 Å². The Hall–Kier alpha value is -1.77. The second-order valence-electron chi connectivity index (χ2n) is 6.55. The molecule has 0 aliphatic carbocycles. The Bertz CT molecular complexity index is 491. The lowest BCUT2D eigenvalue weighted by atomic mass is 10.3. The maximum Gasteiger partial charge on any atom is 0.0866 e. The molecule has 1 rings (SSSR count). The third-order valence-electron chi connectivity index (χ3n) is 4.51. The first-order chi connectivity index (χ1) is 13.3. The number of nitrogens with zero attached hydrogens (tertiary/aromatic N) is 6. The monoisotopic (exact) mass is 375 g/mol. The molecule has 27 heavy (non-hydrogen) atoms. The first kappa shape index (κ1) is 23.3. The average Bonchev–Trinajstić information content (AvgIpc) is 2.66. The zero-order chi connectivity index (χ0) is 19.6. The minimum absolute atomic E-state index is 0.395. The fourth-order valence-electron chi connectivity index (χ4n) is 2.89. The van der Waals surface area contributed by atoms with E-state index in [4.69, 9.17) is 15.8 Å². The van der Waals surface area contributed by atoms with Crippen LogP contribution in [-0.2, 0) is 0 Å². The fourth-order valence-corrected chi connectivity index (χ4v) is 2.89. The predicted octanol–water partition coefficient (Wildman–Crippen LogP) is -1.75. The highest BCUT2D eigenvalue weighted by Gasteiger charge is 2.10. The quantitative estimate of drug-likeness (QED) is 0.493. The molecule has 0 atom stereocenters. The maximum atomic E-state index is 9.05. The standard InChI is InChI=1S/C18H33N9/c19-1-10-25-13-6-22-4-5-23-7-15-26(11-2-20)17-18-27(12-3-21)16-9-24-8-14-25/h22-24H,4-18H2. The second kappa shape index (κ2) is 16.4. The molecule has 0 amide bonds. The van der Waals surface area contributed by atoms with E-state index in [9.17, 15) is 0 Å². The number of hydrogen-bond acceptors (Lipinski definition) is 9. The minimum atomic E-state index is 0.395. The molecule has 0 aromatic carbocycles. The van der Waals surface area contributed by atoms with Crippen molar-refractivity contribution in [1.82, 2.24) is 30.7 Å². The Morgan fingerprint density at radius 2 is 0.778 bits per heavy atom. The molecule has 9 nitrogen and oxygen atoms in total. The SMILES string of the molecule is N#CCN1CCNCCNCCN(CC#N)CCN(CC#N)CCNCC1. The molecule has 3 N–H and O–H groups in total. The van der Waals surface area contributed by atoms with Crippen LogP contribution < -0.4 is 16.0 Å². The second-order valence-corrected chi connectivity index (χ2v) is 6.55. The average molecular weight is 376 g/mol. The molecule has 0 saturated carbocycles. The lowest BCUT2D eigenvalue weighted by Crippen LogP contribution is -2.43. The molecule has 1 saturated heterocycles. The molecule has 0 radical (unpaired) electrons. The molecule has 0 aromatic heterocycles. The van der Waals surface area contributed by atoms with E-state index < -0.39 is 0 Å². The van der Waals surface area contributed by atoms with Crippen LogP contribution in [0.15, 0.2) is 0 Å². The van der Waals surface area contributed by atoms with Crippen LogP contribution in [0.4, 0.5) is 0 Å². The van der Waals surface area contributed by atoms with Gasteiger partial charge in [-0.25, -0.2) is 0 Å². The van der Waals surface area contributed by atoms with E-state index in [1.807, 2.05) is 0 Å². The first-order valence-corrected chi connectivity index (χ1v) is 9.70. The van der Waals surface area contributed by atoms with Gasteiger partial charge in [-0.1, -0.05) is 0 Å². The van der Waals surface area contributed by atoms with Gasteiger partial charge in [-0.05, 0) is 0 Å². The van der Waals surface area contributed by atoms with Gasteiger partial charge >= 0.3 is 0 Å². The Morgan fingerprint density at radius 3 is 1.11 bits per heavy atom. The van der Waals surface area contributed by atoms with E-state index in [1.54, 1.807) is 0 Å². The van der Waals surface area contributed by atoms with E-state index in [-0.39, 0.29) is 0 Å². The Balaban J connectivity index is 2.53. The molecule has 1 aliphatic rings. The van der Waals surface area contributed by atoms with Crippen molar-refractivity contribution in [3.8, 4) is 18.2 Å². The van der Waals surface area contributed by atoms with E-state index in [0.717, 1.165) is 78.5 Å². The lowest BCUT2D eigenvalue weighted by Gasteiger charge is -2.25. The molecular formula is C18H33N9. The molecule has 1 fully saturated rings. The summed E-state index contributed by atoms with van der Waals surface area (Å²) >= 11 is 0. The summed E-state index contributed by atoms with van der Waals surface area (Å²) in [5.74, 6) is 0. The molecule has 150 valence electrons. The Morgan fingerprint density at radius 1 is 0.481 bits per heavy atom. The van der Waals surface area contributed by atoms with Gasteiger partial charge in [0.05, 0.1) is 37.8 Å². The number of nitrogens with one attached hydrogen (secondary N) is 3. The van der Waals surface area contributed by atoms with E-state index in [2.05, 4.69) is 48.9 Å². The Labute approximate surface area is 163 Å². The van der Waals surface area contributed by atoms with Crippen LogP contribution in [0.2, 0.25) is 0 Å². The van der Waals surface area contributed by atoms with Gasteiger partial charge in [-0.2, -0.15) is 15.8 Å². The van der Waals surface area contributed by atoms with Crippen molar-refractivity contribution in [2.24, 2.45) is 0 Å². The predicted molar refractivity (Wildman–Crippen MR) is 105 cm³/mol. The topological polar surface area (TPSA) is 117 Å². The van der Waals surface area contributed by atoms with Crippen LogP contribution in [0.1, 0.15) is 0 Å². The molecule has 1 heterocycles. The molecule has 1 aliphatic heterocycles. The van der Waals surface area contributed by atoms with E-state index >= 15 is 0 Å². The summed E-state index contributed by atoms with van der Waals surface area (Å²) in [5, 5.41) is 37.2. The molecular weight excluding hydrogens is 342 g/mol. The molecule has 0 unspecified atom stereocenters. The molecule has 0 bridgehead atoms. The van der Waals surface area contributed by atoms with E-state index in [1.165, 1.54) is 0 Å². The third kappa shape index (κ3) is 12.3. The van der Waals surface area contributed by atoms with Gasteiger partial charge in [-0.3, -0.25) is 14.7 Å².